The van der Waals surface area contributed by atoms with Crippen LogP contribution in [-0.2, 0) is 0 Å². The molecule has 3 aromatic rings. The summed E-state index contributed by atoms with van der Waals surface area (Å²) in [6.07, 6.45) is 0.719. The zero-order valence-electron chi connectivity index (χ0n) is 10.7. The molecule has 3 rings (SSSR count). The second kappa shape index (κ2) is 5.80. The highest BCUT2D eigenvalue weighted by Gasteiger charge is 2.10. The number of benzene rings is 2. The normalized spacial score (nSPS) is 10.4. The summed E-state index contributed by atoms with van der Waals surface area (Å²) in [7, 11) is 0. The van der Waals surface area contributed by atoms with Crippen molar-refractivity contribution in [2.24, 2.45) is 0 Å². The fraction of sp³-hybridized carbons (Fsp3) is 0. The van der Waals surface area contributed by atoms with Crippen molar-refractivity contribution in [2.45, 2.75) is 9.79 Å². The van der Waals surface area contributed by atoms with E-state index in [1.807, 2.05) is 42.5 Å². The molecule has 0 amide bonds. The molecular formula is C17H12O2S. The summed E-state index contributed by atoms with van der Waals surface area (Å²) in [4.78, 5) is 13.0. The van der Waals surface area contributed by atoms with E-state index < -0.39 is 0 Å². The van der Waals surface area contributed by atoms with Crippen LogP contribution in [-0.4, -0.2) is 6.29 Å². The Morgan fingerprint density at radius 2 is 1.60 bits per heavy atom. The Kier molecular flexibility index (Phi) is 3.70. The van der Waals surface area contributed by atoms with Crippen LogP contribution in [0, 0.1) is 0 Å². The minimum Gasteiger partial charge on any atom is -0.453 e. The fourth-order valence-electron chi connectivity index (χ4n) is 1.94. The molecule has 0 spiro atoms. The lowest BCUT2D eigenvalue weighted by Crippen LogP contribution is -1.80. The highest BCUT2D eigenvalue weighted by molar-refractivity contribution is 7.99. The SMILES string of the molecule is O=Cc1ccc(-c2ccccc2Sc2ccccc2)o1. The van der Waals surface area contributed by atoms with Crippen LogP contribution in [0.5, 0.6) is 0 Å². The van der Waals surface area contributed by atoms with Gasteiger partial charge in [-0.1, -0.05) is 48.2 Å². The van der Waals surface area contributed by atoms with Gasteiger partial charge in [0.1, 0.15) is 5.76 Å². The van der Waals surface area contributed by atoms with E-state index in [2.05, 4.69) is 18.2 Å². The molecule has 98 valence electrons. The van der Waals surface area contributed by atoms with Gasteiger partial charge in [0.15, 0.2) is 12.0 Å². The van der Waals surface area contributed by atoms with Gasteiger partial charge in [-0.05, 0) is 30.3 Å². The van der Waals surface area contributed by atoms with Crippen molar-refractivity contribution in [2.75, 3.05) is 0 Å². The second-order valence-electron chi connectivity index (χ2n) is 4.23. The van der Waals surface area contributed by atoms with Crippen LogP contribution in [0.1, 0.15) is 10.6 Å². The minimum atomic E-state index is 0.347. The number of aldehydes is 1. The summed E-state index contributed by atoms with van der Waals surface area (Å²) in [6.45, 7) is 0. The van der Waals surface area contributed by atoms with Gasteiger partial charge in [0.2, 0.25) is 0 Å². The van der Waals surface area contributed by atoms with Crippen LogP contribution in [0.15, 0.2) is 80.9 Å². The summed E-state index contributed by atoms with van der Waals surface area (Å²) >= 11 is 1.68. The lowest BCUT2D eigenvalue weighted by Gasteiger charge is -2.06. The Morgan fingerprint density at radius 1 is 0.850 bits per heavy atom. The van der Waals surface area contributed by atoms with Gasteiger partial charge >= 0.3 is 0 Å². The molecule has 3 heteroatoms. The molecule has 0 aliphatic rings. The first-order valence-corrected chi connectivity index (χ1v) is 7.06. The van der Waals surface area contributed by atoms with Crippen molar-refractivity contribution in [1.82, 2.24) is 0 Å². The van der Waals surface area contributed by atoms with Crippen LogP contribution < -0.4 is 0 Å². The Hall–Kier alpha value is -2.26. The third kappa shape index (κ3) is 2.68. The first-order valence-electron chi connectivity index (χ1n) is 6.24. The molecule has 0 aliphatic carbocycles. The van der Waals surface area contributed by atoms with Gasteiger partial charge in [-0.15, -0.1) is 0 Å². The van der Waals surface area contributed by atoms with Crippen molar-refractivity contribution >= 4 is 18.0 Å². The number of carbonyl (C=O) groups is 1. The number of furan rings is 1. The number of rotatable bonds is 4. The maximum absolute atomic E-state index is 10.7. The molecule has 2 aromatic carbocycles. The highest BCUT2D eigenvalue weighted by atomic mass is 32.2. The van der Waals surface area contributed by atoms with E-state index in [9.17, 15) is 4.79 Å². The van der Waals surface area contributed by atoms with Gasteiger partial charge in [0.05, 0.1) is 0 Å². The number of hydrogen-bond acceptors (Lipinski definition) is 3. The van der Waals surface area contributed by atoms with Crippen molar-refractivity contribution in [3.63, 3.8) is 0 Å². The largest absolute Gasteiger partial charge is 0.453 e. The number of hydrogen-bond donors (Lipinski definition) is 0. The topological polar surface area (TPSA) is 30.2 Å². The van der Waals surface area contributed by atoms with Crippen LogP contribution >= 0.6 is 11.8 Å². The predicted molar refractivity (Wildman–Crippen MR) is 80.1 cm³/mol. The molecule has 0 radical (unpaired) electrons. The Labute approximate surface area is 121 Å². The summed E-state index contributed by atoms with van der Waals surface area (Å²) in [5.74, 6) is 1.06. The third-order valence-electron chi connectivity index (χ3n) is 2.87. The highest BCUT2D eigenvalue weighted by Crippen LogP contribution is 2.36. The molecule has 1 heterocycles. The van der Waals surface area contributed by atoms with Crippen molar-refractivity contribution in [3.8, 4) is 11.3 Å². The van der Waals surface area contributed by atoms with Crippen LogP contribution in [0.25, 0.3) is 11.3 Å². The van der Waals surface area contributed by atoms with E-state index in [1.165, 1.54) is 4.90 Å². The molecule has 0 fully saturated rings. The van der Waals surface area contributed by atoms with Gasteiger partial charge < -0.3 is 4.42 Å². The predicted octanol–water partition coefficient (Wildman–Crippen LogP) is 4.91. The molecule has 0 saturated carbocycles. The van der Waals surface area contributed by atoms with E-state index >= 15 is 0 Å². The molecule has 0 saturated heterocycles. The van der Waals surface area contributed by atoms with Crippen LogP contribution in [0.3, 0.4) is 0 Å². The monoisotopic (exact) mass is 280 g/mol. The smallest absolute Gasteiger partial charge is 0.185 e. The van der Waals surface area contributed by atoms with Crippen molar-refractivity contribution in [1.29, 1.82) is 0 Å². The Bertz CT molecular complexity index is 717. The molecule has 2 nitrogen and oxygen atoms in total. The fourth-order valence-corrected chi connectivity index (χ4v) is 2.91. The summed E-state index contributed by atoms with van der Waals surface area (Å²) in [5, 5.41) is 0. The van der Waals surface area contributed by atoms with Crippen LogP contribution in [0.2, 0.25) is 0 Å². The molecule has 0 unspecified atom stereocenters. The van der Waals surface area contributed by atoms with Gasteiger partial charge in [0.25, 0.3) is 0 Å². The average molecular weight is 280 g/mol. The Balaban J connectivity index is 1.98. The molecule has 1 aromatic heterocycles. The molecule has 20 heavy (non-hydrogen) atoms. The molecular weight excluding hydrogens is 268 g/mol. The molecule has 0 N–H and O–H groups in total. The maximum Gasteiger partial charge on any atom is 0.185 e. The maximum atomic E-state index is 10.7. The lowest BCUT2D eigenvalue weighted by molar-refractivity contribution is 0.110. The van der Waals surface area contributed by atoms with E-state index in [0.717, 1.165) is 16.7 Å². The molecule has 0 bridgehead atoms. The average Bonchev–Trinajstić information content (AvgIpc) is 2.98. The minimum absolute atomic E-state index is 0.347. The molecule has 0 atom stereocenters. The van der Waals surface area contributed by atoms with Crippen LogP contribution in [0.4, 0.5) is 0 Å². The van der Waals surface area contributed by atoms with Gasteiger partial charge in [0, 0.05) is 15.4 Å². The first kappa shape index (κ1) is 12.8. The summed E-state index contributed by atoms with van der Waals surface area (Å²) in [6, 6.07) is 21.7. The van der Waals surface area contributed by atoms with Crippen molar-refractivity contribution in [3.05, 3.63) is 72.5 Å². The van der Waals surface area contributed by atoms with Gasteiger partial charge in [-0.2, -0.15) is 0 Å². The third-order valence-corrected chi connectivity index (χ3v) is 3.95. The molecule has 0 aliphatic heterocycles. The quantitative estimate of drug-likeness (QED) is 0.636. The summed E-state index contributed by atoms with van der Waals surface area (Å²) < 4.78 is 5.52. The van der Waals surface area contributed by atoms with E-state index in [-0.39, 0.29) is 0 Å². The first-order chi connectivity index (χ1) is 9.86. The van der Waals surface area contributed by atoms with E-state index in [4.69, 9.17) is 4.42 Å². The zero-order valence-corrected chi connectivity index (χ0v) is 11.5. The van der Waals surface area contributed by atoms with Gasteiger partial charge in [-0.25, -0.2) is 0 Å². The van der Waals surface area contributed by atoms with Gasteiger partial charge in [-0.3, -0.25) is 4.79 Å². The number of carbonyl (C=O) groups excluding carboxylic acids is 1. The zero-order chi connectivity index (χ0) is 13.8. The van der Waals surface area contributed by atoms with E-state index in [1.54, 1.807) is 17.8 Å². The standard InChI is InChI=1S/C17H12O2S/c18-12-13-10-11-16(19-13)15-8-4-5-9-17(15)20-14-6-2-1-3-7-14/h1-12H. The van der Waals surface area contributed by atoms with E-state index in [0.29, 0.717) is 11.5 Å². The summed E-state index contributed by atoms with van der Waals surface area (Å²) in [5.41, 5.74) is 0.995. The van der Waals surface area contributed by atoms with Crippen molar-refractivity contribution < 1.29 is 9.21 Å². The lowest BCUT2D eigenvalue weighted by atomic mass is 10.2. The second-order valence-corrected chi connectivity index (χ2v) is 5.35. The Morgan fingerprint density at radius 3 is 2.35 bits per heavy atom.